The molecule has 0 saturated heterocycles. The molecule has 4 nitrogen and oxygen atoms in total. The Labute approximate surface area is 72.3 Å². The number of amides is 1. The first kappa shape index (κ1) is 10.6. The van der Waals surface area contributed by atoms with Crippen LogP contribution >= 0.6 is 0 Å². The lowest BCUT2D eigenvalue weighted by Crippen LogP contribution is -2.17. The minimum atomic E-state index is 0.0926. The van der Waals surface area contributed by atoms with Crippen LogP contribution in [0.15, 0.2) is 24.8 Å². The Bertz CT molecular complexity index is 184. The zero-order chi connectivity index (χ0) is 9.40. The van der Waals surface area contributed by atoms with Crippen LogP contribution in [-0.4, -0.2) is 34.9 Å². The summed E-state index contributed by atoms with van der Waals surface area (Å²) in [6, 6.07) is 1.78. The highest BCUT2D eigenvalue weighted by atomic mass is 16.2. The highest BCUT2D eigenvalue weighted by Crippen LogP contribution is 1.69. The van der Waals surface area contributed by atoms with Crippen molar-refractivity contribution in [3.05, 3.63) is 24.8 Å². The molecular formula is C8H13N3O. The highest BCUT2D eigenvalue weighted by Gasteiger charge is 1.87. The molecule has 0 aliphatic carbocycles. The van der Waals surface area contributed by atoms with E-state index in [-0.39, 0.29) is 5.91 Å². The fraction of sp³-hybridized carbons (Fsp3) is 0.375. The smallest absolute Gasteiger partial charge is 0.218 e. The maximum atomic E-state index is 10.1. The zero-order valence-electron chi connectivity index (χ0n) is 7.56. The molecule has 0 aliphatic heterocycles. The lowest BCUT2D eigenvalue weighted by molar-refractivity contribution is -0.126. The Morgan fingerprint density at radius 3 is 1.75 bits per heavy atom. The molecule has 12 heavy (non-hydrogen) atoms. The SMILES string of the molecule is CC(=O)N(C)C.c1cncnc1. The van der Waals surface area contributed by atoms with Crippen molar-refractivity contribution < 1.29 is 4.79 Å². The number of aromatic nitrogens is 2. The van der Waals surface area contributed by atoms with Crippen LogP contribution in [0.25, 0.3) is 0 Å². The van der Waals surface area contributed by atoms with Crippen molar-refractivity contribution in [1.29, 1.82) is 0 Å². The second kappa shape index (κ2) is 6.27. The Hall–Kier alpha value is -1.45. The van der Waals surface area contributed by atoms with E-state index in [0.29, 0.717) is 0 Å². The molecule has 0 fully saturated rings. The summed E-state index contributed by atoms with van der Waals surface area (Å²) in [6.07, 6.45) is 4.88. The Balaban J connectivity index is 0.000000202. The summed E-state index contributed by atoms with van der Waals surface area (Å²) in [5.74, 6) is 0.0926. The van der Waals surface area contributed by atoms with Gasteiger partial charge < -0.3 is 4.90 Å². The lowest BCUT2D eigenvalue weighted by atomic mass is 10.7. The monoisotopic (exact) mass is 167 g/mol. The number of hydrogen-bond acceptors (Lipinski definition) is 3. The van der Waals surface area contributed by atoms with E-state index in [1.54, 1.807) is 32.6 Å². The predicted molar refractivity (Wildman–Crippen MR) is 46.4 cm³/mol. The Morgan fingerprint density at radius 2 is 1.67 bits per heavy atom. The van der Waals surface area contributed by atoms with Crippen LogP contribution < -0.4 is 0 Å². The van der Waals surface area contributed by atoms with E-state index in [1.807, 2.05) is 0 Å². The number of nitrogens with zero attached hydrogens (tertiary/aromatic N) is 3. The van der Waals surface area contributed by atoms with Crippen LogP contribution in [0, 0.1) is 0 Å². The molecule has 4 heteroatoms. The molecule has 1 rings (SSSR count). The summed E-state index contributed by atoms with van der Waals surface area (Å²) < 4.78 is 0. The topological polar surface area (TPSA) is 46.1 Å². The van der Waals surface area contributed by atoms with Gasteiger partial charge in [-0.25, -0.2) is 9.97 Å². The van der Waals surface area contributed by atoms with Crippen LogP contribution in [0.3, 0.4) is 0 Å². The van der Waals surface area contributed by atoms with Crippen molar-refractivity contribution in [2.75, 3.05) is 14.1 Å². The minimum absolute atomic E-state index is 0.0926. The molecule has 0 aliphatic rings. The first-order valence-electron chi connectivity index (χ1n) is 3.52. The van der Waals surface area contributed by atoms with Crippen molar-refractivity contribution in [2.24, 2.45) is 0 Å². The van der Waals surface area contributed by atoms with Gasteiger partial charge in [0.2, 0.25) is 5.91 Å². The molecule has 0 spiro atoms. The third-order valence-electron chi connectivity index (χ3n) is 1.11. The number of hydrogen-bond donors (Lipinski definition) is 0. The van der Waals surface area contributed by atoms with Gasteiger partial charge in [-0.1, -0.05) is 0 Å². The van der Waals surface area contributed by atoms with Crippen LogP contribution in [0.4, 0.5) is 0 Å². The van der Waals surface area contributed by atoms with Gasteiger partial charge in [-0.2, -0.15) is 0 Å². The summed E-state index contributed by atoms with van der Waals surface area (Å²) in [7, 11) is 3.45. The Kier molecular flexibility index (Phi) is 5.51. The van der Waals surface area contributed by atoms with Crippen molar-refractivity contribution in [1.82, 2.24) is 14.9 Å². The molecule has 0 saturated carbocycles. The first-order chi connectivity index (χ1) is 5.64. The second-order valence-corrected chi connectivity index (χ2v) is 2.32. The van der Waals surface area contributed by atoms with E-state index < -0.39 is 0 Å². The van der Waals surface area contributed by atoms with Crippen molar-refractivity contribution in [3.8, 4) is 0 Å². The molecule has 0 bridgehead atoms. The third kappa shape index (κ3) is 6.67. The normalized spacial score (nSPS) is 7.92. The number of rotatable bonds is 0. The summed E-state index contributed by atoms with van der Waals surface area (Å²) in [5, 5.41) is 0. The molecule has 1 aromatic rings. The summed E-state index contributed by atoms with van der Waals surface area (Å²) >= 11 is 0. The predicted octanol–water partition coefficient (Wildman–Crippen LogP) is 0.571. The average Bonchev–Trinajstić information content (AvgIpc) is 2.08. The van der Waals surface area contributed by atoms with Crippen molar-refractivity contribution in [2.45, 2.75) is 6.92 Å². The molecule has 0 N–H and O–H groups in total. The van der Waals surface area contributed by atoms with Crippen LogP contribution in [0.1, 0.15) is 6.92 Å². The fourth-order valence-corrected chi connectivity index (χ4v) is 0.253. The molecule has 1 amide bonds. The van der Waals surface area contributed by atoms with Gasteiger partial charge in [-0.15, -0.1) is 0 Å². The largest absolute Gasteiger partial charge is 0.349 e. The maximum absolute atomic E-state index is 10.1. The second-order valence-electron chi connectivity index (χ2n) is 2.32. The van der Waals surface area contributed by atoms with E-state index in [9.17, 15) is 4.79 Å². The quantitative estimate of drug-likeness (QED) is 0.567. The van der Waals surface area contributed by atoms with Gasteiger partial charge in [0.05, 0.1) is 0 Å². The molecule has 1 heterocycles. The summed E-state index contributed by atoms with van der Waals surface area (Å²) in [4.78, 5) is 18.9. The minimum Gasteiger partial charge on any atom is -0.349 e. The zero-order valence-corrected chi connectivity index (χ0v) is 7.56. The van der Waals surface area contributed by atoms with Crippen molar-refractivity contribution in [3.63, 3.8) is 0 Å². The molecule has 0 unspecified atom stereocenters. The number of carbonyl (C=O) groups is 1. The summed E-state index contributed by atoms with van der Waals surface area (Å²) in [6.45, 7) is 1.53. The van der Waals surface area contributed by atoms with E-state index in [1.165, 1.54) is 18.2 Å². The van der Waals surface area contributed by atoms with Gasteiger partial charge in [-0.05, 0) is 6.07 Å². The highest BCUT2D eigenvalue weighted by molar-refractivity contribution is 5.72. The standard InChI is InChI=1S/C4H4N2.C4H9NO/c1-2-5-4-6-3-1;1-4(6)5(2)3/h1-4H;1-3H3. The van der Waals surface area contributed by atoms with E-state index in [0.717, 1.165) is 0 Å². The molecule has 0 atom stereocenters. The van der Waals surface area contributed by atoms with Gasteiger partial charge >= 0.3 is 0 Å². The fourth-order valence-electron chi connectivity index (χ4n) is 0.253. The lowest BCUT2D eigenvalue weighted by Gasteiger charge is -2.02. The van der Waals surface area contributed by atoms with Gasteiger partial charge in [0.1, 0.15) is 6.33 Å². The third-order valence-corrected chi connectivity index (χ3v) is 1.11. The van der Waals surface area contributed by atoms with Gasteiger partial charge in [-0.3, -0.25) is 4.79 Å². The van der Waals surface area contributed by atoms with Gasteiger partial charge in [0, 0.05) is 33.4 Å². The first-order valence-corrected chi connectivity index (χ1v) is 3.52. The molecular weight excluding hydrogens is 154 g/mol. The van der Waals surface area contributed by atoms with Crippen molar-refractivity contribution >= 4 is 5.91 Å². The van der Waals surface area contributed by atoms with E-state index in [4.69, 9.17) is 0 Å². The molecule has 0 radical (unpaired) electrons. The van der Waals surface area contributed by atoms with Crippen LogP contribution in [0.5, 0.6) is 0 Å². The van der Waals surface area contributed by atoms with Gasteiger partial charge in [0.15, 0.2) is 0 Å². The molecule has 0 aromatic carbocycles. The number of carbonyl (C=O) groups excluding carboxylic acids is 1. The molecule has 1 aromatic heterocycles. The average molecular weight is 167 g/mol. The Morgan fingerprint density at radius 1 is 1.25 bits per heavy atom. The summed E-state index contributed by atoms with van der Waals surface area (Å²) in [5.41, 5.74) is 0. The van der Waals surface area contributed by atoms with Gasteiger partial charge in [0.25, 0.3) is 0 Å². The molecule has 66 valence electrons. The maximum Gasteiger partial charge on any atom is 0.218 e. The van der Waals surface area contributed by atoms with Crippen LogP contribution in [0.2, 0.25) is 0 Å². The van der Waals surface area contributed by atoms with E-state index >= 15 is 0 Å². The van der Waals surface area contributed by atoms with Crippen LogP contribution in [-0.2, 0) is 4.79 Å². The van der Waals surface area contributed by atoms with E-state index in [2.05, 4.69) is 9.97 Å².